The zero-order valence-corrected chi connectivity index (χ0v) is 53.0. The van der Waals surface area contributed by atoms with Crippen molar-refractivity contribution in [2.75, 3.05) is 27.8 Å². The number of benzene rings is 1. The van der Waals surface area contributed by atoms with Crippen LogP contribution < -0.4 is 26.6 Å². The summed E-state index contributed by atoms with van der Waals surface area (Å²) in [6, 6.07) is 10.7. The first-order chi connectivity index (χ1) is 39.6. The van der Waals surface area contributed by atoms with Crippen molar-refractivity contribution < 1.29 is 42.7 Å². The molecule has 0 saturated carbocycles. The zero-order chi connectivity index (χ0) is 59.5. The van der Waals surface area contributed by atoms with Crippen LogP contribution in [0.15, 0.2) is 64.0 Å². The molecule has 1 aromatic carbocycles. The summed E-state index contributed by atoms with van der Waals surface area (Å²) in [6.07, 6.45) is -0.928. The van der Waals surface area contributed by atoms with Gasteiger partial charge >= 0.3 is 5.97 Å². The molecule has 10 bridgehead atoms. The molecule has 0 unspecified atom stereocenters. The topological polar surface area (TPSA) is 280 Å². The Balaban J connectivity index is 1.17. The minimum absolute atomic E-state index is 0.0229. The molecular formula is C55H60N12O9S6Si. The predicted molar refractivity (Wildman–Crippen MR) is 324 cm³/mol. The van der Waals surface area contributed by atoms with Crippen LogP contribution in [0.2, 0.25) is 18.1 Å². The molecule has 5 N–H and O–H groups in total. The monoisotopic (exact) mass is 1250 g/mol. The number of hydrogen-bond donors (Lipinski definition) is 5. The van der Waals surface area contributed by atoms with E-state index in [2.05, 4.69) is 65.4 Å². The maximum Gasteiger partial charge on any atom is 0.357 e. The Kier molecular flexibility index (Phi) is 18.7. The van der Waals surface area contributed by atoms with Crippen LogP contribution in [-0.4, -0.2) is 107 Å². The Morgan fingerprint density at radius 1 is 0.699 bits per heavy atom. The fourth-order valence-electron chi connectivity index (χ4n) is 8.40. The molecule has 0 aliphatic carbocycles. The Hall–Kier alpha value is -6.89. The van der Waals surface area contributed by atoms with Gasteiger partial charge in [0, 0.05) is 46.1 Å². The summed E-state index contributed by atoms with van der Waals surface area (Å²) in [5.41, 5.74) is 3.40. The van der Waals surface area contributed by atoms with E-state index in [1.807, 2.05) is 54.9 Å². The van der Waals surface area contributed by atoms with Crippen molar-refractivity contribution >= 4 is 112 Å². The second kappa shape index (κ2) is 25.5. The van der Waals surface area contributed by atoms with Gasteiger partial charge in [0.25, 0.3) is 17.7 Å². The largest absolute Gasteiger partial charge is 0.464 e. The molecule has 28 heteroatoms. The van der Waals surface area contributed by atoms with E-state index >= 15 is 0 Å². The van der Waals surface area contributed by atoms with Crippen LogP contribution in [0.1, 0.15) is 138 Å². The molecule has 8 aromatic rings. The number of amides is 5. The Labute approximate surface area is 503 Å². The first-order valence-electron chi connectivity index (χ1n) is 26.1. The molecule has 0 fully saturated rings. The van der Waals surface area contributed by atoms with Crippen molar-refractivity contribution in [2.24, 2.45) is 5.92 Å². The van der Waals surface area contributed by atoms with Gasteiger partial charge < -0.3 is 40.5 Å². The van der Waals surface area contributed by atoms with Crippen LogP contribution in [0.25, 0.3) is 43.4 Å². The lowest BCUT2D eigenvalue weighted by Crippen LogP contribution is -2.46. The third-order valence-corrected chi connectivity index (χ3v) is 24.0. The third-order valence-electron chi connectivity index (χ3n) is 13.8. The second-order valence-electron chi connectivity index (χ2n) is 21.0. The van der Waals surface area contributed by atoms with Crippen molar-refractivity contribution in [3.05, 3.63) is 117 Å². The molecule has 0 spiro atoms. The van der Waals surface area contributed by atoms with Crippen LogP contribution >= 0.6 is 68.0 Å². The van der Waals surface area contributed by atoms with Crippen molar-refractivity contribution in [3.8, 4) is 43.4 Å². The molecule has 434 valence electrons. The molecule has 83 heavy (non-hydrogen) atoms. The van der Waals surface area contributed by atoms with E-state index in [1.165, 1.54) is 78.0 Å². The van der Waals surface area contributed by atoms with Gasteiger partial charge in [0.15, 0.2) is 14.0 Å². The van der Waals surface area contributed by atoms with Gasteiger partial charge in [0.1, 0.15) is 70.3 Å². The predicted octanol–water partition coefficient (Wildman–Crippen LogP) is 10.1. The van der Waals surface area contributed by atoms with E-state index in [1.54, 1.807) is 29.8 Å². The summed E-state index contributed by atoms with van der Waals surface area (Å²) in [6.45, 7) is 15.8. The fraction of sp³-hybridized carbons (Fsp3) is 0.364. The molecule has 1 aliphatic rings. The highest BCUT2D eigenvalue weighted by molar-refractivity contribution is 7.15. The van der Waals surface area contributed by atoms with Crippen molar-refractivity contribution in [2.45, 2.75) is 96.9 Å². The third kappa shape index (κ3) is 13.6. The minimum Gasteiger partial charge on any atom is -0.464 e. The van der Waals surface area contributed by atoms with E-state index in [9.17, 15) is 28.8 Å². The molecule has 7 aromatic heterocycles. The number of ether oxygens (including phenoxy) is 2. The molecule has 21 nitrogen and oxygen atoms in total. The highest BCUT2D eigenvalue weighted by Crippen LogP contribution is 2.45. The van der Waals surface area contributed by atoms with Crippen molar-refractivity contribution in [1.29, 1.82) is 0 Å². The molecule has 1 aliphatic heterocycles. The Morgan fingerprint density at radius 3 is 2.10 bits per heavy atom. The van der Waals surface area contributed by atoms with Crippen LogP contribution in [-0.2, 0) is 30.1 Å². The van der Waals surface area contributed by atoms with E-state index in [0.29, 0.717) is 68.1 Å². The smallest absolute Gasteiger partial charge is 0.357 e. The average molecular weight is 1250 g/mol. The summed E-state index contributed by atoms with van der Waals surface area (Å²) >= 11 is 7.41. The molecular weight excluding hydrogens is 1190 g/mol. The van der Waals surface area contributed by atoms with Gasteiger partial charge in [-0.2, -0.15) is 0 Å². The summed E-state index contributed by atoms with van der Waals surface area (Å²) in [4.78, 5) is 118. The Bertz CT molecular complexity index is 3710. The number of nitrogens with zero attached hydrogens (tertiary/aromatic N) is 7. The van der Waals surface area contributed by atoms with Gasteiger partial charge in [0.2, 0.25) is 11.8 Å². The lowest BCUT2D eigenvalue weighted by Gasteiger charge is -2.41. The van der Waals surface area contributed by atoms with Crippen LogP contribution in [0.5, 0.6) is 0 Å². The van der Waals surface area contributed by atoms with Gasteiger partial charge in [0.05, 0.1) is 55.4 Å². The number of aryl methyl sites for hydroxylation is 1. The minimum atomic E-state index is -2.59. The molecule has 4 atom stereocenters. The number of methoxy groups -OCH3 is 2. The normalized spacial score (nSPS) is 16.8. The maximum atomic E-state index is 14.5. The number of hydrogen-bond acceptors (Lipinski definition) is 22. The Morgan fingerprint density at radius 2 is 1.39 bits per heavy atom. The number of thiazole rings is 6. The highest BCUT2D eigenvalue weighted by atomic mass is 32.1. The number of carbonyl (C=O) groups excluding carboxylic acids is 6. The lowest BCUT2D eigenvalue weighted by molar-refractivity contribution is -0.122. The quantitative estimate of drug-likeness (QED) is 0.0595. The fourth-order valence-corrected chi connectivity index (χ4v) is 15.2. The van der Waals surface area contributed by atoms with E-state index < -0.39 is 68.7 Å². The second-order valence-corrected chi connectivity index (χ2v) is 31.6. The van der Waals surface area contributed by atoms with Crippen LogP contribution in [0.3, 0.4) is 0 Å². The first-order valence-corrected chi connectivity index (χ1v) is 34.1. The number of aromatic nitrogens is 7. The number of rotatable bonds is 11. The molecule has 8 heterocycles. The standard InChI is InChI=1S/C55H60N12O9S6Si/c1-26(2)39-53-67-42(36(82-53)21-74-8)46(71)57-20-38(69)64-43(44(28-15-13-12-14-16-28)76-83(10,11)55(4,5)6)52-62-34(24-80-52)50-60-32(22-78-50)41-29(17-18-30(58-41)49-63-35(25-79-49)54(73)75-9)48-61-33(23-77-48)45(70)59-31(19-37(68)56-7)51-66-40(27(3)81-51)47(72)65-39/h12-18,22-26,31,39,43-44H,19-21H2,1-11H3,(H,56,68)(H,57,71)(H,59,70)(H,64,69)(H,65,72)/t31-,39-,43-,44-/m0/s1. The number of fused-ring (bicyclic) bond motifs is 14. The number of carbonyl (C=O) groups is 6. The van der Waals surface area contributed by atoms with Gasteiger partial charge in [-0.05, 0) is 48.7 Å². The molecule has 0 saturated heterocycles. The average Bonchev–Trinajstić information content (AvgIpc) is 4.49. The molecule has 5 amide bonds. The summed E-state index contributed by atoms with van der Waals surface area (Å²) in [5.74, 6) is -3.50. The van der Waals surface area contributed by atoms with Crippen LogP contribution in [0, 0.1) is 12.8 Å². The number of nitrogens with one attached hydrogen (secondary N) is 5. The van der Waals surface area contributed by atoms with E-state index in [4.69, 9.17) is 43.8 Å². The summed E-state index contributed by atoms with van der Waals surface area (Å²) < 4.78 is 17.7. The van der Waals surface area contributed by atoms with Gasteiger partial charge in [-0.25, -0.2) is 39.7 Å². The number of esters is 1. The van der Waals surface area contributed by atoms with Gasteiger partial charge in [-0.1, -0.05) is 65.0 Å². The van der Waals surface area contributed by atoms with Gasteiger partial charge in [-0.15, -0.1) is 68.0 Å². The SMILES string of the molecule is CNC(=O)C[C@@H]1NC(=O)c2csc(n2)-c2ccc(-c3nc(C(=O)OC)cs3)nc2-c2csc(n2)-c2csc(n2)[C@H]([C@@H](O[Si](C)(C)C(C)(C)C)c2ccccc2)NC(=O)CNC(=O)c2nc(sc2COC)[C@H](C(C)C)NC(=O)c2nc1sc2C. The van der Waals surface area contributed by atoms with Crippen LogP contribution in [0.4, 0.5) is 0 Å². The highest BCUT2D eigenvalue weighted by Gasteiger charge is 2.43. The van der Waals surface area contributed by atoms with Crippen molar-refractivity contribution in [1.82, 2.24) is 61.5 Å². The first kappa shape index (κ1) is 60.7. The van der Waals surface area contributed by atoms with E-state index in [-0.39, 0.29) is 52.7 Å². The zero-order valence-electron chi connectivity index (χ0n) is 47.1. The summed E-state index contributed by atoms with van der Waals surface area (Å²) in [5, 5.41) is 23.9. The lowest BCUT2D eigenvalue weighted by atomic mass is 10.0. The molecule has 0 radical (unpaired) electrons. The number of pyridine rings is 1. The molecule has 9 rings (SSSR count). The van der Waals surface area contributed by atoms with Gasteiger partial charge in [-0.3, -0.25) is 24.0 Å². The maximum absolute atomic E-state index is 14.5. The van der Waals surface area contributed by atoms with E-state index in [0.717, 1.165) is 16.9 Å². The van der Waals surface area contributed by atoms with Crippen molar-refractivity contribution in [3.63, 3.8) is 0 Å². The summed E-state index contributed by atoms with van der Waals surface area (Å²) in [7, 11) is 1.67.